The zero-order valence-electron chi connectivity index (χ0n) is 25.3. The van der Waals surface area contributed by atoms with Crippen LogP contribution in [-0.2, 0) is 0 Å². The summed E-state index contributed by atoms with van der Waals surface area (Å²) in [6.07, 6.45) is 3.30. The summed E-state index contributed by atoms with van der Waals surface area (Å²) < 4.78 is 0. The number of rotatable bonds is 11. The van der Waals surface area contributed by atoms with Crippen molar-refractivity contribution in [2.75, 3.05) is 10.6 Å². The summed E-state index contributed by atoms with van der Waals surface area (Å²) in [6, 6.07) is 40.6. The zero-order chi connectivity index (χ0) is 30.7. The van der Waals surface area contributed by atoms with Gasteiger partial charge in [0.15, 0.2) is 0 Å². The van der Waals surface area contributed by atoms with Crippen molar-refractivity contribution < 1.29 is 0 Å². The molecule has 44 heavy (non-hydrogen) atoms. The fourth-order valence-corrected chi connectivity index (χ4v) is 10.7. The number of hydrogen-bond acceptors (Lipinski definition) is 5. The van der Waals surface area contributed by atoms with Gasteiger partial charge in [0.2, 0.25) is 0 Å². The molecule has 0 spiro atoms. The minimum atomic E-state index is -0.667. The number of hydrogen-bond donors (Lipinski definition) is 3. The molecule has 0 aliphatic heterocycles. The molecule has 0 amide bonds. The van der Waals surface area contributed by atoms with Crippen LogP contribution in [0, 0.1) is 5.92 Å². The van der Waals surface area contributed by atoms with Crippen molar-refractivity contribution in [3.05, 3.63) is 153 Å². The zero-order valence-corrected chi connectivity index (χ0v) is 26.2. The van der Waals surface area contributed by atoms with E-state index in [1.54, 1.807) is 0 Å². The largest absolute Gasteiger partial charge is 0.377 e. The highest BCUT2D eigenvalue weighted by molar-refractivity contribution is 7.74. The topological polar surface area (TPSA) is 84.2 Å². The summed E-state index contributed by atoms with van der Waals surface area (Å²) in [4.78, 5) is 26.1. The summed E-state index contributed by atoms with van der Waals surface area (Å²) in [5.74, 6) is 0.308. The second-order valence-electron chi connectivity index (χ2n) is 12.2. The second-order valence-corrected chi connectivity index (χ2v) is 14.9. The van der Waals surface area contributed by atoms with E-state index in [9.17, 15) is 9.59 Å². The Hall–Kier alpha value is -4.05. The lowest BCUT2D eigenvalue weighted by molar-refractivity contribution is 0.407. The fourth-order valence-electron chi connectivity index (χ4n) is 7.19. The summed E-state index contributed by atoms with van der Waals surface area (Å²) >= 11 is 0. The molecule has 6 heteroatoms. The molecule has 5 aromatic carbocycles. The van der Waals surface area contributed by atoms with Crippen LogP contribution in [0.5, 0.6) is 0 Å². The van der Waals surface area contributed by atoms with Gasteiger partial charge in [-0.25, -0.2) is 0 Å². The second kappa shape index (κ2) is 12.9. The highest BCUT2D eigenvalue weighted by atomic mass is 31.1. The van der Waals surface area contributed by atoms with Crippen molar-refractivity contribution in [2.45, 2.75) is 56.4 Å². The van der Waals surface area contributed by atoms with E-state index in [0.717, 1.165) is 30.4 Å². The number of nitrogens with one attached hydrogen (secondary N) is 2. The molecule has 0 bridgehead atoms. The summed E-state index contributed by atoms with van der Waals surface area (Å²) in [6.45, 7) is 4.60. The van der Waals surface area contributed by atoms with Gasteiger partial charge in [0.1, 0.15) is 11.4 Å². The van der Waals surface area contributed by atoms with Crippen molar-refractivity contribution in [2.24, 2.45) is 11.7 Å². The van der Waals surface area contributed by atoms with Crippen LogP contribution >= 0.6 is 7.92 Å². The van der Waals surface area contributed by atoms with Gasteiger partial charge < -0.3 is 16.4 Å². The Morgan fingerprint density at radius 1 is 0.705 bits per heavy atom. The first kappa shape index (κ1) is 30.0. The lowest BCUT2D eigenvalue weighted by Gasteiger charge is -2.43. The Labute approximate surface area is 261 Å². The fraction of sp³-hybridized carbons (Fsp3) is 0.263. The van der Waals surface area contributed by atoms with Crippen molar-refractivity contribution in [3.8, 4) is 0 Å². The van der Waals surface area contributed by atoms with E-state index in [-0.39, 0.29) is 11.2 Å². The van der Waals surface area contributed by atoms with Gasteiger partial charge in [0.25, 0.3) is 10.9 Å². The minimum Gasteiger partial charge on any atom is -0.377 e. The van der Waals surface area contributed by atoms with Crippen LogP contribution in [0.2, 0.25) is 0 Å². The van der Waals surface area contributed by atoms with E-state index in [1.807, 2.05) is 60.7 Å². The standard InChI is InChI=1S/C38H40N3O2P/c1-26(31-24-15-25-38(31,2)44(29-20-11-5-12-21-29)30-22-13-6-14-23-30)40-34-35(37(43)36(34)42)41-33(28-18-9-4-10-19-28)32(39)27-16-7-3-8-17-27/h3-14,16-23,26,31-33,40-41H,15,24-25,39H2,1-2H3/t26-,31+,32+,33+,38?/m1/s1. The molecule has 224 valence electrons. The van der Waals surface area contributed by atoms with Gasteiger partial charge in [-0.15, -0.1) is 0 Å². The van der Waals surface area contributed by atoms with Crippen LogP contribution in [0.25, 0.3) is 0 Å². The van der Waals surface area contributed by atoms with Gasteiger partial charge in [-0.1, -0.05) is 135 Å². The summed E-state index contributed by atoms with van der Waals surface area (Å²) in [5.41, 5.74) is 8.46. The van der Waals surface area contributed by atoms with Gasteiger partial charge >= 0.3 is 0 Å². The first-order chi connectivity index (χ1) is 21.4. The van der Waals surface area contributed by atoms with Gasteiger partial charge in [0.05, 0.1) is 12.1 Å². The Kier molecular flexibility index (Phi) is 8.79. The molecule has 1 unspecified atom stereocenters. The Morgan fingerprint density at radius 3 is 1.68 bits per heavy atom. The van der Waals surface area contributed by atoms with Gasteiger partial charge in [0, 0.05) is 11.2 Å². The molecule has 1 fully saturated rings. The van der Waals surface area contributed by atoms with E-state index < -0.39 is 30.9 Å². The predicted octanol–water partition coefficient (Wildman–Crippen LogP) is 6.63. The molecule has 0 aromatic heterocycles. The van der Waals surface area contributed by atoms with Crippen LogP contribution in [0.15, 0.2) is 131 Å². The highest BCUT2D eigenvalue weighted by Crippen LogP contribution is 2.60. The molecule has 1 saturated carbocycles. The maximum Gasteiger partial charge on any atom is 0.253 e. The molecule has 6 rings (SSSR count). The SMILES string of the molecule is C[C@@H](Nc1c(N[C@@H](c2ccccc2)[C@@H](N)c2ccccc2)c(=O)c1=O)[C@@H]1CCCC1(C)P(c1ccccc1)c1ccccc1. The third-order valence-corrected chi connectivity index (χ3v) is 12.6. The van der Waals surface area contributed by atoms with Crippen LogP contribution in [-0.4, -0.2) is 11.2 Å². The molecule has 1 aliphatic rings. The van der Waals surface area contributed by atoms with Crippen LogP contribution in [0.1, 0.15) is 56.3 Å². The first-order valence-corrected chi connectivity index (χ1v) is 16.8. The average molecular weight is 602 g/mol. The van der Waals surface area contributed by atoms with Crippen molar-refractivity contribution in [1.29, 1.82) is 0 Å². The summed E-state index contributed by atoms with van der Waals surface area (Å²) in [5, 5.41) is 9.72. The third-order valence-electron chi connectivity index (χ3n) is 9.42. The van der Waals surface area contributed by atoms with Crippen molar-refractivity contribution >= 4 is 29.9 Å². The van der Waals surface area contributed by atoms with E-state index in [4.69, 9.17) is 5.73 Å². The first-order valence-electron chi connectivity index (χ1n) is 15.5. The Balaban J connectivity index is 1.30. The number of anilines is 2. The molecule has 5 nitrogen and oxygen atoms in total. The van der Waals surface area contributed by atoms with Gasteiger partial charge in [-0.2, -0.15) is 0 Å². The monoisotopic (exact) mass is 601 g/mol. The van der Waals surface area contributed by atoms with Gasteiger partial charge in [-0.05, 0) is 55.3 Å². The molecular formula is C38H40N3O2P. The maximum atomic E-state index is 13.1. The minimum absolute atomic E-state index is 0.0116. The molecular weight excluding hydrogens is 561 g/mol. The van der Waals surface area contributed by atoms with E-state index in [1.165, 1.54) is 10.6 Å². The predicted molar refractivity (Wildman–Crippen MR) is 185 cm³/mol. The molecule has 0 saturated heterocycles. The Bertz CT molecular complexity index is 1700. The number of nitrogens with two attached hydrogens (primary N) is 1. The highest BCUT2D eigenvalue weighted by Gasteiger charge is 2.48. The summed E-state index contributed by atoms with van der Waals surface area (Å²) in [7, 11) is -0.667. The molecule has 5 aromatic rings. The lowest BCUT2D eigenvalue weighted by atomic mass is 9.89. The molecule has 0 radical (unpaired) electrons. The lowest BCUT2D eigenvalue weighted by Crippen LogP contribution is -2.46. The molecule has 4 N–H and O–H groups in total. The van der Waals surface area contributed by atoms with E-state index >= 15 is 0 Å². The van der Waals surface area contributed by atoms with Crippen molar-refractivity contribution in [3.63, 3.8) is 0 Å². The third kappa shape index (κ3) is 5.75. The van der Waals surface area contributed by atoms with Gasteiger partial charge in [-0.3, -0.25) is 9.59 Å². The molecule has 1 aliphatic carbocycles. The molecule has 0 heterocycles. The normalized spacial score (nSPS) is 20.3. The van der Waals surface area contributed by atoms with E-state index in [0.29, 0.717) is 17.3 Å². The van der Waals surface area contributed by atoms with Crippen LogP contribution < -0.4 is 37.8 Å². The average Bonchev–Trinajstić information content (AvgIpc) is 3.47. The smallest absolute Gasteiger partial charge is 0.253 e. The van der Waals surface area contributed by atoms with Crippen LogP contribution in [0.3, 0.4) is 0 Å². The van der Waals surface area contributed by atoms with Crippen LogP contribution in [0.4, 0.5) is 11.4 Å². The van der Waals surface area contributed by atoms with E-state index in [2.05, 4.69) is 85.1 Å². The molecule has 5 atom stereocenters. The number of benzene rings is 4. The quantitative estimate of drug-likeness (QED) is 0.117. The van der Waals surface area contributed by atoms with Crippen molar-refractivity contribution in [1.82, 2.24) is 0 Å². The Morgan fingerprint density at radius 2 is 1.16 bits per heavy atom. The maximum absolute atomic E-state index is 13.1.